The minimum Gasteiger partial charge on any atom is -0.371 e. The second kappa shape index (κ2) is 4.69. The van der Waals surface area contributed by atoms with Gasteiger partial charge in [0.2, 0.25) is 0 Å². The predicted molar refractivity (Wildman–Crippen MR) is 74.3 cm³/mol. The predicted octanol–water partition coefficient (Wildman–Crippen LogP) is 3.33. The van der Waals surface area contributed by atoms with Crippen molar-refractivity contribution < 1.29 is 0 Å². The first-order valence-electron chi connectivity index (χ1n) is 6.59. The molecule has 1 fully saturated rings. The number of anilines is 1. The summed E-state index contributed by atoms with van der Waals surface area (Å²) in [7, 11) is 0. The SMILES string of the molecule is CC(N)c1ccccc1N1CCC(C)(C)CC1. The molecule has 1 aromatic carbocycles. The van der Waals surface area contributed by atoms with E-state index in [2.05, 4.69) is 49.9 Å². The maximum atomic E-state index is 6.05. The van der Waals surface area contributed by atoms with Gasteiger partial charge in [0, 0.05) is 24.8 Å². The zero-order valence-corrected chi connectivity index (χ0v) is 11.2. The highest BCUT2D eigenvalue weighted by Crippen LogP contribution is 2.34. The zero-order valence-electron chi connectivity index (χ0n) is 11.2. The van der Waals surface area contributed by atoms with Gasteiger partial charge >= 0.3 is 0 Å². The van der Waals surface area contributed by atoms with E-state index in [-0.39, 0.29) is 6.04 Å². The number of nitrogens with two attached hydrogens (primary N) is 1. The molecule has 0 radical (unpaired) electrons. The molecule has 0 amide bonds. The van der Waals surface area contributed by atoms with Crippen molar-refractivity contribution >= 4 is 5.69 Å². The van der Waals surface area contributed by atoms with Crippen LogP contribution >= 0.6 is 0 Å². The molecule has 0 saturated carbocycles. The van der Waals surface area contributed by atoms with Gasteiger partial charge in [0.05, 0.1) is 0 Å². The molecule has 1 atom stereocenters. The van der Waals surface area contributed by atoms with Crippen LogP contribution in [-0.2, 0) is 0 Å². The van der Waals surface area contributed by atoms with E-state index in [0.717, 1.165) is 13.1 Å². The van der Waals surface area contributed by atoms with E-state index >= 15 is 0 Å². The van der Waals surface area contributed by atoms with Gasteiger partial charge in [0.25, 0.3) is 0 Å². The van der Waals surface area contributed by atoms with E-state index in [1.54, 1.807) is 0 Å². The number of para-hydroxylation sites is 1. The van der Waals surface area contributed by atoms with Crippen LogP contribution in [0.25, 0.3) is 0 Å². The average molecular weight is 232 g/mol. The zero-order chi connectivity index (χ0) is 12.5. The number of benzene rings is 1. The van der Waals surface area contributed by atoms with Gasteiger partial charge in [-0.05, 0) is 36.8 Å². The molecular weight excluding hydrogens is 208 g/mol. The van der Waals surface area contributed by atoms with Crippen molar-refractivity contribution in [3.8, 4) is 0 Å². The van der Waals surface area contributed by atoms with Gasteiger partial charge in [0.1, 0.15) is 0 Å². The van der Waals surface area contributed by atoms with E-state index < -0.39 is 0 Å². The van der Waals surface area contributed by atoms with E-state index in [9.17, 15) is 0 Å². The molecule has 0 bridgehead atoms. The van der Waals surface area contributed by atoms with Crippen LogP contribution in [0.5, 0.6) is 0 Å². The molecule has 1 aliphatic rings. The van der Waals surface area contributed by atoms with Crippen LogP contribution in [0.3, 0.4) is 0 Å². The van der Waals surface area contributed by atoms with Gasteiger partial charge in [-0.25, -0.2) is 0 Å². The molecule has 17 heavy (non-hydrogen) atoms. The van der Waals surface area contributed by atoms with Crippen LogP contribution < -0.4 is 10.6 Å². The molecule has 0 spiro atoms. The van der Waals surface area contributed by atoms with Crippen LogP contribution in [0.15, 0.2) is 24.3 Å². The fourth-order valence-corrected chi connectivity index (χ4v) is 2.51. The summed E-state index contributed by atoms with van der Waals surface area (Å²) in [6.07, 6.45) is 2.53. The lowest BCUT2D eigenvalue weighted by Crippen LogP contribution is -2.38. The van der Waals surface area contributed by atoms with Gasteiger partial charge in [-0.2, -0.15) is 0 Å². The molecular formula is C15H24N2. The Morgan fingerprint density at radius 1 is 1.18 bits per heavy atom. The van der Waals surface area contributed by atoms with E-state index in [0.29, 0.717) is 5.41 Å². The maximum Gasteiger partial charge on any atom is 0.0414 e. The van der Waals surface area contributed by atoms with Gasteiger partial charge < -0.3 is 10.6 Å². The number of hydrogen-bond acceptors (Lipinski definition) is 2. The van der Waals surface area contributed by atoms with Crippen LogP contribution in [0, 0.1) is 5.41 Å². The van der Waals surface area contributed by atoms with E-state index in [4.69, 9.17) is 5.73 Å². The van der Waals surface area contributed by atoms with Crippen LogP contribution in [0.1, 0.15) is 45.2 Å². The van der Waals surface area contributed by atoms with E-state index in [1.165, 1.54) is 24.1 Å². The first kappa shape index (κ1) is 12.4. The lowest BCUT2D eigenvalue weighted by Gasteiger charge is -2.39. The van der Waals surface area contributed by atoms with E-state index in [1.807, 2.05) is 0 Å². The molecule has 0 aliphatic carbocycles. The third-order valence-electron chi connectivity index (χ3n) is 3.89. The summed E-state index contributed by atoms with van der Waals surface area (Å²) in [5, 5.41) is 0. The molecule has 1 unspecified atom stereocenters. The molecule has 2 N–H and O–H groups in total. The maximum absolute atomic E-state index is 6.05. The van der Waals surface area contributed by atoms with Gasteiger partial charge in [0.15, 0.2) is 0 Å². The third-order valence-corrected chi connectivity index (χ3v) is 3.89. The van der Waals surface area contributed by atoms with Crippen molar-refractivity contribution in [2.75, 3.05) is 18.0 Å². The quantitative estimate of drug-likeness (QED) is 0.847. The minimum atomic E-state index is 0.112. The topological polar surface area (TPSA) is 29.3 Å². The Morgan fingerprint density at radius 2 is 1.76 bits per heavy atom. The lowest BCUT2D eigenvalue weighted by atomic mass is 9.82. The molecule has 2 nitrogen and oxygen atoms in total. The standard InChI is InChI=1S/C15H24N2/c1-12(16)13-6-4-5-7-14(13)17-10-8-15(2,3)9-11-17/h4-7,12H,8-11,16H2,1-3H3. The number of piperidine rings is 1. The molecule has 1 saturated heterocycles. The van der Waals surface area contributed by atoms with Crippen molar-refractivity contribution in [2.24, 2.45) is 11.1 Å². The Morgan fingerprint density at radius 3 is 2.35 bits per heavy atom. The highest BCUT2D eigenvalue weighted by molar-refractivity contribution is 5.55. The molecule has 1 aliphatic heterocycles. The summed E-state index contributed by atoms with van der Waals surface area (Å²) in [5.41, 5.74) is 9.15. The fourth-order valence-electron chi connectivity index (χ4n) is 2.51. The highest BCUT2D eigenvalue weighted by Gasteiger charge is 2.26. The van der Waals surface area contributed by atoms with Crippen LogP contribution in [-0.4, -0.2) is 13.1 Å². The second-order valence-corrected chi connectivity index (χ2v) is 6.00. The van der Waals surface area contributed by atoms with Crippen molar-refractivity contribution in [1.29, 1.82) is 0 Å². The van der Waals surface area contributed by atoms with Gasteiger partial charge in [-0.3, -0.25) is 0 Å². The number of nitrogens with zero attached hydrogens (tertiary/aromatic N) is 1. The Hall–Kier alpha value is -1.02. The first-order chi connectivity index (χ1) is 7.99. The van der Waals surface area contributed by atoms with Crippen LogP contribution in [0.2, 0.25) is 0 Å². The minimum absolute atomic E-state index is 0.112. The molecule has 0 aromatic heterocycles. The average Bonchev–Trinajstić information content (AvgIpc) is 2.29. The molecule has 94 valence electrons. The lowest BCUT2D eigenvalue weighted by molar-refractivity contribution is 0.279. The first-order valence-corrected chi connectivity index (χ1v) is 6.59. The van der Waals surface area contributed by atoms with Gasteiger partial charge in [-0.15, -0.1) is 0 Å². The largest absolute Gasteiger partial charge is 0.371 e. The highest BCUT2D eigenvalue weighted by atomic mass is 15.1. The summed E-state index contributed by atoms with van der Waals surface area (Å²) in [4.78, 5) is 2.49. The Bertz CT molecular complexity index is 372. The smallest absolute Gasteiger partial charge is 0.0414 e. The number of rotatable bonds is 2. The second-order valence-electron chi connectivity index (χ2n) is 6.00. The molecule has 2 heteroatoms. The monoisotopic (exact) mass is 232 g/mol. The van der Waals surface area contributed by atoms with Gasteiger partial charge in [-0.1, -0.05) is 32.0 Å². The van der Waals surface area contributed by atoms with Crippen LogP contribution in [0.4, 0.5) is 5.69 Å². The van der Waals surface area contributed by atoms with Crippen molar-refractivity contribution in [2.45, 2.75) is 39.7 Å². The fraction of sp³-hybridized carbons (Fsp3) is 0.600. The molecule has 2 rings (SSSR count). The summed E-state index contributed by atoms with van der Waals surface area (Å²) >= 11 is 0. The molecule has 1 aromatic rings. The summed E-state index contributed by atoms with van der Waals surface area (Å²) in [6.45, 7) is 9.09. The normalized spacial score (nSPS) is 21.3. The van der Waals surface area contributed by atoms with Crippen molar-refractivity contribution in [3.63, 3.8) is 0 Å². The summed E-state index contributed by atoms with van der Waals surface area (Å²) in [6, 6.07) is 8.66. The summed E-state index contributed by atoms with van der Waals surface area (Å²) < 4.78 is 0. The van der Waals surface area contributed by atoms with Crippen molar-refractivity contribution in [1.82, 2.24) is 0 Å². The third kappa shape index (κ3) is 2.81. The summed E-state index contributed by atoms with van der Waals surface area (Å²) in [5.74, 6) is 0. The Balaban J connectivity index is 2.18. The molecule has 1 heterocycles. The number of hydrogen-bond donors (Lipinski definition) is 1. The Labute approximate surface area is 105 Å². The van der Waals surface area contributed by atoms with Crippen molar-refractivity contribution in [3.05, 3.63) is 29.8 Å². The Kier molecular flexibility index (Phi) is 3.43.